The van der Waals surface area contributed by atoms with Crippen LogP contribution >= 0.6 is 0 Å². The second kappa shape index (κ2) is 6.02. The molecular formula is C14H17N3O5. The molecule has 2 aromatic heterocycles. The number of nitrogens with one attached hydrogen (secondary N) is 1. The molecule has 118 valence electrons. The summed E-state index contributed by atoms with van der Waals surface area (Å²) in [5, 5.41) is 15.7. The molecule has 8 heteroatoms. The topological polar surface area (TPSA) is 107 Å². The fourth-order valence-electron chi connectivity index (χ4n) is 1.70. The maximum Gasteiger partial charge on any atom is 0.331 e. The van der Waals surface area contributed by atoms with E-state index in [4.69, 9.17) is 14.3 Å². The van der Waals surface area contributed by atoms with Crippen LogP contribution in [0.2, 0.25) is 0 Å². The van der Waals surface area contributed by atoms with Gasteiger partial charge in [0.2, 0.25) is 0 Å². The van der Waals surface area contributed by atoms with Crippen molar-refractivity contribution in [1.82, 2.24) is 9.78 Å². The summed E-state index contributed by atoms with van der Waals surface area (Å²) in [6.07, 6.45) is 2.83. The first-order chi connectivity index (χ1) is 10.3. The average Bonchev–Trinajstić information content (AvgIpc) is 3.08. The highest BCUT2D eigenvalue weighted by atomic mass is 16.5. The maximum absolute atomic E-state index is 12.0. The Morgan fingerprint density at radius 1 is 1.45 bits per heavy atom. The molecule has 0 saturated carbocycles. The van der Waals surface area contributed by atoms with Gasteiger partial charge in [-0.05, 0) is 26.0 Å². The summed E-state index contributed by atoms with van der Waals surface area (Å²) in [6, 6.07) is 3.19. The van der Waals surface area contributed by atoms with Crippen molar-refractivity contribution in [3.63, 3.8) is 0 Å². The molecule has 0 bridgehead atoms. The minimum absolute atomic E-state index is 0.136. The zero-order valence-electron chi connectivity index (χ0n) is 12.5. The molecule has 0 aromatic carbocycles. The number of hydrogen-bond acceptors (Lipinski definition) is 5. The molecule has 8 nitrogen and oxygen atoms in total. The van der Waals surface area contributed by atoms with Gasteiger partial charge in [0, 0.05) is 13.3 Å². The third kappa shape index (κ3) is 3.17. The van der Waals surface area contributed by atoms with Crippen molar-refractivity contribution in [3.05, 3.63) is 36.0 Å². The molecule has 0 aliphatic heterocycles. The molecule has 0 spiro atoms. The third-order valence-electron chi connectivity index (χ3n) is 3.11. The lowest BCUT2D eigenvalue weighted by atomic mass is 10.1. The molecule has 0 fully saturated rings. The molecule has 0 aliphatic rings. The van der Waals surface area contributed by atoms with E-state index < -0.39 is 17.4 Å². The Morgan fingerprint density at radius 3 is 2.82 bits per heavy atom. The molecule has 22 heavy (non-hydrogen) atoms. The normalized spacial score (nSPS) is 11.4. The van der Waals surface area contributed by atoms with E-state index in [0.717, 1.165) is 0 Å². The molecule has 2 aromatic rings. The van der Waals surface area contributed by atoms with E-state index in [9.17, 15) is 9.59 Å². The Hall–Kier alpha value is -2.61. The highest BCUT2D eigenvalue weighted by molar-refractivity contribution is 6.02. The number of carboxylic acid groups (broad SMARTS) is 1. The molecule has 0 radical (unpaired) electrons. The van der Waals surface area contributed by atoms with Crippen LogP contribution in [0.1, 0.15) is 30.2 Å². The number of carbonyl (C=O) groups excluding carboxylic acids is 1. The number of ether oxygens (including phenoxy) is 1. The Balaban J connectivity index is 2.09. The summed E-state index contributed by atoms with van der Waals surface area (Å²) < 4.78 is 11.5. The van der Waals surface area contributed by atoms with E-state index in [-0.39, 0.29) is 12.4 Å². The third-order valence-corrected chi connectivity index (χ3v) is 3.11. The van der Waals surface area contributed by atoms with E-state index in [1.54, 1.807) is 6.07 Å². The monoisotopic (exact) mass is 307 g/mol. The van der Waals surface area contributed by atoms with Gasteiger partial charge in [-0.25, -0.2) is 4.79 Å². The molecular weight excluding hydrogens is 290 g/mol. The summed E-state index contributed by atoms with van der Waals surface area (Å²) in [5.41, 5.74) is -0.830. The smallest absolute Gasteiger partial charge is 0.331 e. The van der Waals surface area contributed by atoms with Gasteiger partial charge >= 0.3 is 5.97 Å². The van der Waals surface area contributed by atoms with Crippen molar-refractivity contribution in [2.24, 2.45) is 0 Å². The zero-order chi connectivity index (χ0) is 16.3. The van der Waals surface area contributed by atoms with E-state index in [1.165, 1.54) is 44.1 Å². The number of hydrogen-bond donors (Lipinski definition) is 2. The Labute approximate surface area is 126 Å². The summed E-state index contributed by atoms with van der Waals surface area (Å²) in [7, 11) is 1.53. The van der Waals surface area contributed by atoms with Crippen molar-refractivity contribution in [3.8, 4) is 0 Å². The number of furan rings is 1. The molecule has 2 heterocycles. The first kappa shape index (κ1) is 15.8. The van der Waals surface area contributed by atoms with Crippen molar-refractivity contribution in [2.75, 3.05) is 12.4 Å². The highest BCUT2D eigenvalue weighted by Gasteiger charge is 2.30. The second-order valence-corrected chi connectivity index (χ2v) is 5.19. The molecule has 0 aliphatic carbocycles. The van der Waals surface area contributed by atoms with Crippen molar-refractivity contribution < 1.29 is 23.8 Å². The fraction of sp³-hybridized carbons (Fsp3) is 0.357. The maximum atomic E-state index is 12.0. The summed E-state index contributed by atoms with van der Waals surface area (Å²) in [6.45, 7) is 3.30. The van der Waals surface area contributed by atoms with Gasteiger partial charge in [-0.1, -0.05) is 0 Å². The number of nitrogens with zero attached hydrogens (tertiary/aromatic N) is 2. The van der Waals surface area contributed by atoms with Gasteiger partial charge in [-0.2, -0.15) is 5.10 Å². The van der Waals surface area contributed by atoms with Crippen molar-refractivity contribution in [1.29, 1.82) is 0 Å². The molecule has 2 N–H and O–H groups in total. The minimum atomic E-state index is -1.21. The second-order valence-electron chi connectivity index (χ2n) is 5.19. The average molecular weight is 307 g/mol. The Kier molecular flexibility index (Phi) is 4.32. The lowest BCUT2D eigenvalue weighted by Crippen LogP contribution is -2.35. The summed E-state index contributed by atoms with van der Waals surface area (Å²) >= 11 is 0. The van der Waals surface area contributed by atoms with Gasteiger partial charge in [0.05, 0.1) is 11.9 Å². The van der Waals surface area contributed by atoms with Gasteiger partial charge in [0.1, 0.15) is 12.4 Å². The van der Waals surface area contributed by atoms with Crippen LogP contribution in [0.25, 0.3) is 0 Å². The number of aliphatic carboxylic acids is 1. The van der Waals surface area contributed by atoms with Gasteiger partial charge in [0.25, 0.3) is 5.91 Å². The van der Waals surface area contributed by atoms with Crippen molar-refractivity contribution in [2.45, 2.75) is 26.0 Å². The SMILES string of the molecule is COCc1ccc(C(=O)Nc2cnn(C(C)(C)C(=O)O)c2)o1. The molecule has 1 amide bonds. The highest BCUT2D eigenvalue weighted by Crippen LogP contribution is 2.18. The number of aromatic nitrogens is 2. The fourth-order valence-corrected chi connectivity index (χ4v) is 1.70. The van der Waals surface area contributed by atoms with Crippen LogP contribution in [0.15, 0.2) is 28.9 Å². The van der Waals surface area contributed by atoms with Gasteiger partial charge in [-0.15, -0.1) is 0 Å². The number of rotatable bonds is 6. The van der Waals surface area contributed by atoms with Crippen molar-refractivity contribution >= 4 is 17.6 Å². The van der Waals surface area contributed by atoms with Crippen LogP contribution in [0.4, 0.5) is 5.69 Å². The van der Waals surface area contributed by atoms with Crippen LogP contribution in [-0.4, -0.2) is 33.9 Å². The lowest BCUT2D eigenvalue weighted by Gasteiger charge is -2.19. The number of carboxylic acids is 1. The van der Waals surface area contributed by atoms with Crippen LogP contribution < -0.4 is 5.32 Å². The van der Waals surface area contributed by atoms with Crippen LogP contribution in [0.3, 0.4) is 0 Å². The van der Waals surface area contributed by atoms with Crippen LogP contribution in [0, 0.1) is 0 Å². The van der Waals surface area contributed by atoms with Crippen LogP contribution in [-0.2, 0) is 21.7 Å². The van der Waals surface area contributed by atoms with E-state index in [0.29, 0.717) is 11.4 Å². The molecule has 0 saturated heterocycles. The largest absolute Gasteiger partial charge is 0.479 e. The number of amides is 1. The number of anilines is 1. The summed E-state index contributed by atoms with van der Waals surface area (Å²) in [5.74, 6) is -0.800. The van der Waals surface area contributed by atoms with Gasteiger partial charge in [0.15, 0.2) is 11.3 Å². The predicted octanol–water partition coefficient (Wildman–Crippen LogP) is 1.69. The van der Waals surface area contributed by atoms with Gasteiger partial charge in [-0.3, -0.25) is 9.48 Å². The first-order valence-corrected chi connectivity index (χ1v) is 6.52. The first-order valence-electron chi connectivity index (χ1n) is 6.52. The molecule has 0 atom stereocenters. The number of carbonyl (C=O) groups is 2. The number of methoxy groups -OCH3 is 1. The lowest BCUT2D eigenvalue weighted by molar-refractivity contribution is -0.146. The van der Waals surface area contributed by atoms with E-state index in [2.05, 4.69) is 10.4 Å². The quantitative estimate of drug-likeness (QED) is 0.841. The standard InChI is InChI=1S/C14H17N3O5/c1-14(2,13(19)20)17-7-9(6-15-17)16-12(18)11-5-4-10(22-11)8-21-3/h4-7H,8H2,1-3H3,(H,16,18)(H,19,20). The molecule has 0 unspecified atom stereocenters. The van der Waals surface area contributed by atoms with E-state index >= 15 is 0 Å². The summed E-state index contributed by atoms with van der Waals surface area (Å²) in [4.78, 5) is 23.2. The zero-order valence-corrected chi connectivity index (χ0v) is 12.5. The predicted molar refractivity (Wildman–Crippen MR) is 76.6 cm³/mol. The molecule has 2 rings (SSSR count). The van der Waals surface area contributed by atoms with Crippen LogP contribution in [0.5, 0.6) is 0 Å². The van der Waals surface area contributed by atoms with Gasteiger partial charge < -0.3 is 19.6 Å². The minimum Gasteiger partial charge on any atom is -0.479 e. The Bertz CT molecular complexity index is 686. The Morgan fingerprint density at radius 2 is 2.18 bits per heavy atom. The van der Waals surface area contributed by atoms with E-state index in [1.807, 2.05) is 0 Å².